The van der Waals surface area contributed by atoms with Gasteiger partial charge in [-0.15, -0.1) is 0 Å². The summed E-state index contributed by atoms with van der Waals surface area (Å²) in [6.07, 6.45) is 0. The maximum atomic E-state index is 13.2. The summed E-state index contributed by atoms with van der Waals surface area (Å²) in [4.78, 5) is 4.29. The van der Waals surface area contributed by atoms with Crippen LogP contribution < -0.4 is 5.32 Å². The van der Waals surface area contributed by atoms with E-state index in [1.807, 2.05) is 20.9 Å². The van der Waals surface area contributed by atoms with Crippen molar-refractivity contribution in [1.82, 2.24) is 15.5 Å². The second kappa shape index (κ2) is 4.78. The maximum absolute atomic E-state index is 13.2. The molecule has 0 unspecified atom stereocenters. The fraction of sp³-hybridized carbons (Fsp3) is 0.333. The van der Waals surface area contributed by atoms with Crippen molar-refractivity contribution in [2.24, 2.45) is 0 Å². The SMILES string of the molecule is CNC(C)(C)c1nc(-c2cc(F)ccc2Br)no1. The number of aromatic nitrogens is 2. The zero-order chi connectivity index (χ0) is 13.3. The summed E-state index contributed by atoms with van der Waals surface area (Å²) in [5, 5.41) is 6.95. The third-order valence-electron chi connectivity index (χ3n) is 2.76. The molecule has 1 heterocycles. The number of hydrogen-bond donors (Lipinski definition) is 1. The van der Waals surface area contributed by atoms with Gasteiger partial charge in [0, 0.05) is 10.0 Å². The predicted octanol–water partition coefficient (Wildman–Crippen LogP) is 3.09. The van der Waals surface area contributed by atoms with Crippen molar-refractivity contribution in [2.45, 2.75) is 19.4 Å². The van der Waals surface area contributed by atoms with Crippen LogP contribution in [-0.2, 0) is 5.54 Å². The Labute approximate surface area is 113 Å². The smallest absolute Gasteiger partial charge is 0.246 e. The second-order valence-corrected chi connectivity index (χ2v) is 5.28. The molecule has 18 heavy (non-hydrogen) atoms. The summed E-state index contributed by atoms with van der Waals surface area (Å²) in [6.45, 7) is 3.84. The molecular weight excluding hydrogens is 301 g/mol. The van der Waals surface area contributed by atoms with Gasteiger partial charge in [-0.1, -0.05) is 21.1 Å². The normalized spacial score (nSPS) is 11.8. The minimum absolute atomic E-state index is 0.340. The van der Waals surface area contributed by atoms with E-state index in [9.17, 15) is 4.39 Å². The number of rotatable bonds is 3. The third kappa shape index (κ3) is 2.44. The van der Waals surface area contributed by atoms with Crippen LogP contribution in [0.5, 0.6) is 0 Å². The molecule has 0 saturated heterocycles. The lowest BCUT2D eigenvalue weighted by Gasteiger charge is -2.17. The largest absolute Gasteiger partial charge is 0.337 e. The fourth-order valence-corrected chi connectivity index (χ4v) is 1.79. The van der Waals surface area contributed by atoms with E-state index in [4.69, 9.17) is 4.52 Å². The molecule has 1 aromatic heterocycles. The second-order valence-electron chi connectivity index (χ2n) is 4.42. The molecule has 1 N–H and O–H groups in total. The van der Waals surface area contributed by atoms with Crippen LogP contribution in [0.1, 0.15) is 19.7 Å². The average molecular weight is 314 g/mol. The van der Waals surface area contributed by atoms with Crippen LogP contribution in [0.4, 0.5) is 4.39 Å². The first kappa shape index (κ1) is 13.2. The molecule has 0 radical (unpaired) electrons. The molecule has 1 aromatic carbocycles. The van der Waals surface area contributed by atoms with Crippen molar-refractivity contribution >= 4 is 15.9 Å². The lowest BCUT2D eigenvalue weighted by Crippen LogP contribution is -2.33. The Balaban J connectivity index is 2.44. The number of nitrogens with one attached hydrogen (secondary N) is 1. The molecular formula is C12H13BrFN3O. The van der Waals surface area contributed by atoms with Gasteiger partial charge in [-0.05, 0) is 39.1 Å². The van der Waals surface area contributed by atoms with Gasteiger partial charge >= 0.3 is 0 Å². The van der Waals surface area contributed by atoms with E-state index >= 15 is 0 Å². The van der Waals surface area contributed by atoms with Crippen molar-refractivity contribution in [3.63, 3.8) is 0 Å². The summed E-state index contributed by atoms with van der Waals surface area (Å²) in [5.74, 6) is 0.475. The van der Waals surface area contributed by atoms with Crippen LogP contribution in [0.15, 0.2) is 27.2 Å². The number of halogens is 2. The van der Waals surface area contributed by atoms with Crippen molar-refractivity contribution in [1.29, 1.82) is 0 Å². The van der Waals surface area contributed by atoms with Crippen LogP contribution in [0.25, 0.3) is 11.4 Å². The highest BCUT2D eigenvalue weighted by molar-refractivity contribution is 9.10. The molecule has 6 heteroatoms. The van der Waals surface area contributed by atoms with Gasteiger partial charge in [0.1, 0.15) is 5.82 Å². The molecule has 0 saturated carbocycles. The first-order valence-electron chi connectivity index (χ1n) is 5.42. The number of nitrogens with zero attached hydrogens (tertiary/aromatic N) is 2. The first-order chi connectivity index (χ1) is 8.44. The zero-order valence-electron chi connectivity index (χ0n) is 10.3. The summed E-state index contributed by atoms with van der Waals surface area (Å²) < 4.78 is 19.1. The highest BCUT2D eigenvalue weighted by atomic mass is 79.9. The number of hydrogen-bond acceptors (Lipinski definition) is 4. The molecule has 96 valence electrons. The minimum Gasteiger partial charge on any atom is -0.337 e. The van der Waals surface area contributed by atoms with E-state index in [0.29, 0.717) is 17.3 Å². The molecule has 2 aromatic rings. The molecule has 0 aliphatic heterocycles. The molecule has 0 aliphatic carbocycles. The Hall–Kier alpha value is -1.27. The van der Waals surface area contributed by atoms with Gasteiger partial charge in [0.05, 0.1) is 5.54 Å². The molecule has 4 nitrogen and oxygen atoms in total. The highest BCUT2D eigenvalue weighted by Crippen LogP contribution is 2.28. The molecule has 2 rings (SSSR count). The Morgan fingerprint density at radius 3 is 2.78 bits per heavy atom. The van der Waals surface area contributed by atoms with E-state index < -0.39 is 5.54 Å². The van der Waals surface area contributed by atoms with Crippen LogP contribution in [-0.4, -0.2) is 17.2 Å². The zero-order valence-corrected chi connectivity index (χ0v) is 11.9. The van der Waals surface area contributed by atoms with Gasteiger partial charge in [0.25, 0.3) is 0 Å². The minimum atomic E-state index is -0.426. The monoisotopic (exact) mass is 313 g/mol. The van der Waals surface area contributed by atoms with Crippen LogP contribution in [0.3, 0.4) is 0 Å². The van der Waals surface area contributed by atoms with Gasteiger partial charge in [0.15, 0.2) is 0 Å². The van der Waals surface area contributed by atoms with Crippen molar-refractivity contribution in [3.8, 4) is 11.4 Å². The Bertz CT molecular complexity index is 568. The fourth-order valence-electron chi connectivity index (χ4n) is 1.36. The molecule has 0 fully saturated rings. The molecule has 0 atom stereocenters. The third-order valence-corrected chi connectivity index (χ3v) is 3.45. The van der Waals surface area contributed by atoms with Crippen LogP contribution >= 0.6 is 15.9 Å². The highest BCUT2D eigenvalue weighted by Gasteiger charge is 2.26. The molecule has 0 spiro atoms. The van der Waals surface area contributed by atoms with Crippen LogP contribution in [0.2, 0.25) is 0 Å². The molecule has 0 aliphatic rings. The van der Waals surface area contributed by atoms with E-state index in [2.05, 4.69) is 31.4 Å². The Kier molecular flexibility index (Phi) is 3.49. The number of benzene rings is 1. The average Bonchev–Trinajstić information content (AvgIpc) is 2.82. The van der Waals surface area contributed by atoms with E-state index in [0.717, 1.165) is 4.47 Å². The lowest BCUT2D eigenvalue weighted by molar-refractivity contribution is 0.281. The van der Waals surface area contributed by atoms with Gasteiger partial charge in [-0.3, -0.25) is 0 Å². The Morgan fingerprint density at radius 2 is 2.11 bits per heavy atom. The maximum Gasteiger partial charge on any atom is 0.246 e. The van der Waals surface area contributed by atoms with Gasteiger partial charge < -0.3 is 9.84 Å². The van der Waals surface area contributed by atoms with Gasteiger partial charge in [0.2, 0.25) is 11.7 Å². The van der Waals surface area contributed by atoms with Crippen molar-refractivity contribution in [3.05, 3.63) is 34.4 Å². The van der Waals surface area contributed by atoms with E-state index in [1.165, 1.54) is 12.1 Å². The Morgan fingerprint density at radius 1 is 1.39 bits per heavy atom. The van der Waals surface area contributed by atoms with Crippen molar-refractivity contribution in [2.75, 3.05) is 7.05 Å². The standard InChI is InChI=1S/C12H13BrFN3O/c1-12(2,15-3)11-16-10(17-18-11)8-6-7(14)4-5-9(8)13/h4-6,15H,1-3H3. The van der Waals surface area contributed by atoms with Gasteiger partial charge in [-0.25, -0.2) is 4.39 Å². The summed E-state index contributed by atoms with van der Waals surface area (Å²) in [7, 11) is 1.81. The lowest BCUT2D eigenvalue weighted by atomic mass is 10.1. The topological polar surface area (TPSA) is 51.0 Å². The first-order valence-corrected chi connectivity index (χ1v) is 6.22. The summed E-state index contributed by atoms with van der Waals surface area (Å²) in [5.41, 5.74) is 0.141. The summed E-state index contributed by atoms with van der Waals surface area (Å²) in [6, 6.07) is 4.35. The molecule has 0 bridgehead atoms. The van der Waals surface area contributed by atoms with Gasteiger partial charge in [-0.2, -0.15) is 4.98 Å². The van der Waals surface area contributed by atoms with Crippen molar-refractivity contribution < 1.29 is 8.91 Å². The van der Waals surface area contributed by atoms with Crippen LogP contribution in [0, 0.1) is 5.82 Å². The summed E-state index contributed by atoms with van der Waals surface area (Å²) >= 11 is 3.34. The predicted molar refractivity (Wildman–Crippen MR) is 69.5 cm³/mol. The van der Waals surface area contributed by atoms with E-state index in [1.54, 1.807) is 6.07 Å². The quantitative estimate of drug-likeness (QED) is 0.946. The molecule has 0 amide bonds. The van der Waals surface area contributed by atoms with E-state index in [-0.39, 0.29) is 5.82 Å².